The number of phosphoric ester groups is 1. The molecule has 4 atom stereocenters. The van der Waals surface area contributed by atoms with Crippen molar-refractivity contribution in [3.8, 4) is 0 Å². The maximum Gasteiger partial charge on any atom is 0.472 e. The van der Waals surface area contributed by atoms with Crippen molar-refractivity contribution in [2.24, 2.45) is 28.1 Å². The normalized spacial score (nSPS) is 22.2. The highest BCUT2D eigenvalue weighted by molar-refractivity contribution is 7.47. The molecule has 0 aliphatic heterocycles. The van der Waals surface area contributed by atoms with Gasteiger partial charge in [0.15, 0.2) is 0 Å². The number of hydrogen-bond donors (Lipinski definition) is 2. The maximum atomic E-state index is 13.7. The monoisotopic (exact) mass is 820 g/mol. The van der Waals surface area contributed by atoms with Gasteiger partial charge in [0.05, 0.1) is 63.3 Å². The van der Waals surface area contributed by atoms with Crippen molar-refractivity contribution in [1.82, 2.24) is 0 Å². The molecule has 0 radical (unpaired) electrons. The number of Topliss-reactive ketones (excluding diaryl/α,β-unsaturated/α-hetero) is 1. The van der Waals surface area contributed by atoms with Crippen LogP contribution < -0.4 is 0 Å². The first-order chi connectivity index (χ1) is 26.1. The van der Waals surface area contributed by atoms with Crippen LogP contribution in [0.1, 0.15) is 131 Å². The smallest absolute Gasteiger partial charge is 0.465 e. The van der Waals surface area contributed by atoms with Gasteiger partial charge in [0.25, 0.3) is 0 Å². The summed E-state index contributed by atoms with van der Waals surface area (Å²) in [6, 6.07) is 0. The molecule has 2 fully saturated rings. The number of hydrogen-bond acceptors (Lipinski definition) is 12. The Morgan fingerprint density at radius 2 is 1.29 bits per heavy atom. The number of esters is 3. The number of unbranched alkanes of at least 4 members (excludes halogenated alkanes) is 1. The fourth-order valence-corrected chi connectivity index (χ4v) is 8.46. The third-order valence-corrected chi connectivity index (χ3v) is 12.3. The minimum absolute atomic E-state index is 0.00208. The summed E-state index contributed by atoms with van der Waals surface area (Å²) < 4.78 is 45.4. The van der Waals surface area contributed by atoms with E-state index in [4.69, 9.17) is 28.0 Å². The molecule has 0 saturated heterocycles. The van der Waals surface area contributed by atoms with Crippen LogP contribution in [0.2, 0.25) is 0 Å². The fourth-order valence-electron chi connectivity index (χ4n) is 7.77. The number of aliphatic hydroxyl groups excluding tert-OH is 1. The zero-order valence-corrected chi connectivity index (χ0v) is 36.8. The summed E-state index contributed by atoms with van der Waals surface area (Å²) in [7, 11) is 1.39. The minimum atomic E-state index is -4.35. The van der Waals surface area contributed by atoms with E-state index in [9.17, 15) is 33.7 Å². The third kappa shape index (κ3) is 17.5. The SMILES string of the molecule is CCCCOC(=O)C(C)(CC(C)(C)C(=O)OCCOP(=O)(O)OCC[N+](C)(C)C)CC(C)(CC)C(=O)OCC(O)COC1CCC(C(=O)C2CCCCC2)CC1. The van der Waals surface area contributed by atoms with Crippen molar-refractivity contribution in [1.29, 1.82) is 0 Å². The molecule has 0 heterocycles. The molecule has 56 heavy (non-hydrogen) atoms. The second-order valence-corrected chi connectivity index (χ2v) is 19.7. The van der Waals surface area contributed by atoms with Gasteiger partial charge in [-0.25, -0.2) is 4.57 Å². The standard InChI is InChI=1S/C41H74NO13P/c1-10-12-23-50-38(47)41(6,29-39(3,4)36(45)51-25-26-55-56(48,49)54-24-22-42(7,8)9)30-40(5,11-2)37(46)53-28-33(43)27-52-34-20-18-32(19-21-34)35(44)31-16-14-13-15-17-31/h31-34,43H,10-30H2,1-9H3/p+1. The van der Waals surface area contributed by atoms with E-state index in [-0.39, 0.29) is 70.4 Å². The lowest BCUT2D eigenvalue weighted by atomic mass is 9.65. The first-order valence-electron chi connectivity index (χ1n) is 20.8. The largest absolute Gasteiger partial charge is 0.472 e. The Balaban J connectivity index is 1.96. The Hall–Kier alpha value is -1.93. The Labute approximate surface area is 336 Å². The van der Waals surface area contributed by atoms with Gasteiger partial charge in [-0.1, -0.05) is 39.5 Å². The molecule has 0 amide bonds. The van der Waals surface area contributed by atoms with Crippen molar-refractivity contribution in [3.05, 3.63) is 0 Å². The zero-order valence-electron chi connectivity index (χ0n) is 35.9. The number of quaternary nitrogens is 1. The lowest BCUT2D eigenvalue weighted by Crippen LogP contribution is -2.45. The van der Waals surface area contributed by atoms with Crippen molar-refractivity contribution in [2.75, 3.05) is 67.3 Å². The van der Waals surface area contributed by atoms with Crippen LogP contribution in [0.4, 0.5) is 0 Å². The molecule has 0 aromatic carbocycles. The molecule has 0 aromatic heterocycles. The number of carbonyl (C=O) groups is 4. The lowest BCUT2D eigenvalue weighted by Gasteiger charge is -2.39. The molecule has 14 nitrogen and oxygen atoms in total. The number of phosphoric acid groups is 1. The molecular formula is C41H75NO13P+. The van der Waals surface area contributed by atoms with Gasteiger partial charge in [-0.2, -0.15) is 0 Å². The van der Waals surface area contributed by atoms with E-state index in [1.165, 1.54) is 6.42 Å². The average Bonchev–Trinajstić information content (AvgIpc) is 3.13. The Morgan fingerprint density at radius 1 is 0.714 bits per heavy atom. The van der Waals surface area contributed by atoms with E-state index in [1.807, 2.05) is 35.0 Å². The Kier molecular flexibility index (Phi) is 20.6. The highest BCUT2D eigenvalue weighted by atomic mass is 31.2. The molecular weight excluding hydrogens is 745 g/mol. The van der Waals surface area contributed by atoms with Gasteiger partial charge in [-0.05, 0) is 91.9 Å². The van der Waals surface area contributed by atoms with Gasteiger partial charge >= 0.3 is 25.7 Å². The molecule has 2 saturated carbocycles. The van der Waals surface area contributed by atoms with Crippen LogP contribution in [0.5, 0.6) is 0 Å². The van der Waals surface area contributed by atoms with Gasteiger partial charge < -0.3 is 33.4 Å². The average molecular weight is 821 g/mol. The van der Waals surface area contributed by atoms with Crippen LogP contribution in [0.3, 0.4) is 0 Å². The molecule has 2 aliphatic carbocycles. The van der Waals surface area contributed by atoms with Gasteiger partial charge in [-0.15, -0.1) is 0 Å². The van der Waals surface area contributed by atoms with E-state index in [0.717, 1.165) is 57.8 Å². The van der Waals surface area contributed by atoms with E-state index < -0.39 is 48.1 Å². The van der Waals surface area contributed by atoms with Crippen molar-refractivity contribution in [3.63, 3.8) is 0 Å². The third-order valence-electron chi connectivity index (χ3n) is 11.3. The lowest BCUT2D eigenvalue weighted by molar-refractivity contribution is -0.870. The van der Waals surface area contributed by atoms with Crippen molar-refractivity contribution >= 4 is 31.5 Å². The molecule has 2 N–H and O–H groups in total. The molecule has 0 spiro atoms. The molecule has 0 aromatic rings. The first-order valence-corrected chi connectivity index (χ1v) is 22.3. The van der Waals surface area contributed by atoms with E-state index >= 15 is 0 Å². The van der Waals surface area contributed by atoms with E-state index in [1.54, 1.807) is 27.7 Å². The number of carbonyl (C=O) groups excluding carboxylic acids is 4. The Bertz CT molecular complexity index is 1290. The van der Waals surface area contributed by atoms with Crippen LogP contribution in [0.25, 0.3) is 0 Å². The van der Waals surface area contributed by atoms with Gasteiger partial charge in [0.1, 0.15) is 38.3 Å². The van der Waals surface area contributed by atoms with Crippen molar-refractivity contribution < 1.29 is 66.2 Å². The first kappa shape index (κ1) is 50.2. The number of aliphatic hydroxyl groups is 1. The highest BCUT2D eigenvalue weighted by Gasteiger charge is 2.50. The number of ether oxygens (including phenoxy) is 4. The summed E-state index contributed by atoms with van der Waals surface area (Å²) in [6.07, 6.45) is 9.21. The molecule has 2 rings (SSSR count). The summed E-state index contributed by atoms with van der Waals surface area (Å²) in [5, 5.41) is 10.7. The summed E-state index contributed by atoms with van der Waals surface area (Å²) in [5.41, 5.74) is -3.74. The molecule has 2 aliphatic rings. The number of nitrogens with zero attached hydrogens (tertiary/aromatic N) is 1. The predicted octanol–water partition coefficient (Wildman–Crippen LogP) is 6.57. The van der Waals surface area contributed by atoms with Crippen LogP contribution in [0, 0.1) is 28.1 Å². The van der Waals surface area contributed by atoms with Crippen LogP contribution in [0.15, 0.2) is 0 Å². The quantitative estimate of drug-likeness (QED) is 0.0315. The van der Waals surface area contributed by atoms with Gasteiger partial charge in [0, 0.05) is 11.8 Å². The Morgan fingerprint density at radius 3 is 1.88 bits per heavy atom. The number of likely N-dealkylation sites (N-methyl/N-ethyl adjacent to an activating group) is 1. The topological polar surface area (TPSA) is 181 Å². The minimum Gasteiger partial charge on any atom is -0.465 e. The molecule has 326 valence electrons. The van der Waals surface area contributed by atoms with Gasteiger partial charge in [-0.3, -0.25) is 28.2 Å². The van der Waals surface area contributed by atoms with Crippen LogP contribution >= 0.6 is 7.82 Å². The number of ketones is 1. The summed E-state index contributed by atoms with van der Waals surface area (Å²) in [6.45, 7) is 10.0. The van der Waals surface area contributed by atoms with Crippen molar-refractivity contribution in [2.45, 2.75) is 144 Å². The summed E-state index contributed by atoms with van der Waals surface area (Å²) in [5.74, 6) is -1.10. The second-order valence-electron chi connectivity index (χ2n) is 18.3. The highest BCUT2D eigenvalue weighted by Crippen LogP contribution is 2.46. The molecule has 0 bridgehead atoms. The van der Waals surface area contributed by atoms with E-state index in [2.05, 4.69) is 0 Å². The molecule has 15 heteroatoms. The number of rotatable bonds is 26. The van der Waals surface area contributed by atoms with Gasteiger partial charge in [0.2, 0.25) is 0 Å². The van der Waals surface area contributed by atoms with E-state index in [0.29, 0.717) is 29.7 Å². The summed E-state index contributed by atoms with van der Waals surface area (Å²) >= 11 is 0. The maximum absolute atomic E-state index is 13.7. The predicted molar refractivity (Wildman–Crippen MR) is 211 cm³/mol. The van der Waals surface area contributed by atoms with Crippen LogP contribution in [-0.2, 0) is 51.7 Å². The fraction of sp³-hybridized carbons (Fsp3) is 0.902. The second kappa shape index (κ2) is 23.0. The zero-order chi connectivity index (χ0) is 42.2. The summed E-state index contributed by atoms with van der Waals surface area (Å²) in [4.78, 5) is 63.6. The molecule has 4 unspecified atom stereocenters. The van der Waals surface area contributed by atoms with Crippen LogP contribution in [-0.4, -0.2) is 118 Å².